The quantitative estimate of drug-likeness (QED) is 0.512. The maximum Gasteiger partial charge on any atom is 0.220 e. The lowest BCUT2D eigenvalue weighted by atomic mass is 10.1. The second-order valence-corrected chi connectivity index (χ2v) is 6.73. The molecule has 4 aromatic heterocycles. The van der Waals surface area contributed by atoms with Gasteiger partial charge in [0, 0.05) is 49.0 Å². The number of rotatable bonds is 3. The summed E-state index contributed by atoms with van der Waals surface area (Å²) in [6.45, 7) is 2.57. The number of halogens is 1. The summed E-state index contributed by atoms with van der Waals surface area (Å²) in [5.41, 5.74) is 8.38. The average molecular weight is 404 g/mol. The number of pyridine rings is 2. The van der Waals surface area contributed by atoms with Gasteiger partial charge in [0.05, 0.1) is 24.3 Å². The highest BCUT2D eigenvalue weighted by molar-refractivity contribution is 5.90. The lowest BCUT2D eigenvalue weighted by Crippen LogP contribution is -2.37. The van der Waals surface area contributed by atoms with Crippen molar-refractivity contribution in [1.82, 2.24) is 29.9 Å². The molecule has 10 heteroatoms. The molecule has 0 aliphatic carbocycles. The largest absolute Gasteiger partial charge is 0.378 e. The van der Waals surface area contributed by atoms with Crippen molar-refractivity contribution < 1.29 is 9.13 Å². The van der Waals surface area contributed by atoms with Crippen LogP contribution in [0.15, 0.2) is 43.0 Å². The van der Waals surface area contributed by atoms with Gasteiger partial charge in [-0.05, 0) is 18.2 Å². The van der Waals surface area contributed by atoms with Gasteiger partial charge in [-0.1, -0.05) is 0 Å². The number of nitrogens with zero attached hydrogens (tertiary/aromatic N) is 7. The van der Waals surface area contributed by atoms with Crippen LogP contribution >= 0.6 is 0 Å². The molecule has 0 radical (unpaired) electrons. The van der Waals surface area contributed by atoms with Crippen LogP contribution in [0.25, 0.3) is 33.5 Å². The monoisotopic (exact) mass is 404 g/mol. The highest BCUT2D eigenvalue weighted by atomic mass is 19.1. The molecule has 0 bridgehead atoms. The fourth-order valence-electron chi connectivity index (χ4n) is 3.33. The molecule has 5 heterocycles. The summed E-state index contributed by atoms with van der Waals surface area (Å²) in [7, 11) is 0. The predicted molar refractivity (Wildman–Crippen MR) is 109 cm³/mol. The minimum Gasteiger partial charge on any atom is -0.378 e. The first-order chi connectivity index (χ1) is 14.7. The van der Waals surface area contributed by atoms with Crippen molar-refractivity contribution in [2.24, 2.45) is 0 Å². The minimum absolute atomic E-state index is 0.170. The molecule has 0 spiro atoms. The molecule has 0 aromatic carbocycles. The summed E-state index contributed by atoms with van der Waals surface area (Å²) in [6, 6.07) is 5.12. The van der Waals surface area contributed by atoms with E-state index < -0.39 is 5.95 Å². The smallest absolute Gasteiger partial charge is 0.220 e. The van der Waals surface area contributed by atoms with E-state index in [2.05, 4.69) is 29.8 Å². The van der Waals surface area contributed by atoms with E-state index in [0.717, 1.165) is 0 Å². The Morgan fingerprint density at radius 2 is 1.73 bits per heavy atom. The molecule has 2 N–H and O–H groups in total. The van der Waals surface area contributed by atoms with Crippen LogP contribution in [-0.2, 0) is 4.74 Å². The number of morpholine rings is 1. The van der Waals surface area contributed by atoms with Gasteiger partial charge in [-0.3, -0.25) is 4.98 Å². The fourth-order valence-corrected chi connectivity index (χ4v) is 3.33. The molecule has 1 saturated heterocycles. The highest BCUT2D eigenvalue weighted by Gasteiger charge is 2.20. The SMILES string of the molecule is Nc1ncc(-c2nc(N3CCOCC3)c3ncc(-c4cccnc4F)cc3n2)cn1. The van der Waals surface area contributed by atoms with E-state index in [1.165, 1.54) is 6.20 Å². The molecular weight excluding hydrogens is 387 g/mol. The number of anilines is 2. The van der Waals surface area contributed by atoms with Gasteiger partial charge in [0.15, 0.2) is 11.6 Å². The van der Waals surface area contributed by atoms with Crippen LogP contribution < -0.4 is 10.6 Å². The summed E-state index contributed by atoms with van der Waals surface area (Å²) >= 11 is 0. The highest BCUT2D eigenvalue weighted by Crippen LogP contribution is 2.30. The van der Waals surface area contributed by atoms with E-state index in [0.29, 0.717) is 65.7 Å². The Hall–Kier alpha value is -3.79. The summed E-state index contributed by atoms with van der Waals surface area (Å²) in [5.74, 6) is 0.736. The number of hydrogen-bond acceptors (Lipinski definition) is 9. The van der Waals surface area contributed by atoms with Crippen molar-refractivity contribution in [3.63, 3.8) is 0 Å². The maximum absolute atomic E-state index is 14.2. The molecule has 4 aromatic rings. The van der Waals surface area contributed by atoms with Gasteiger partial charge in [-0.2, -0.15) is 4.39 Å². The molecule has 9 nitrogen and oxygen atoms in total. The van der Waals surface area contributed by atoms with Gasteiger partial charge in [-0.15, -0.1) is 0 Å². The predicted octanol–water partition coefficient (Wildman–Crippen LogP) is 2.10. The van der Waals surface area contributed by atoms with Crippen LogP contribution in [0, 0.1) is 5.95 Å². The van der Waals surface area contributed by atoms with Crippen LogP contribution in [-0.4, -0.2) is 56.2 Å². The number of fused-ring (bicyclic) bond motifs is 1. The Morgan fingerprint density at radius 1 is 0.967 bits per heavy atom. The average Bonchev–Trinajstić information content (AvgIpc) is 2.79. The second-order valence-electron chi connectivity index (χ2n) is 6.73. The number of nitrogens with two attached hydrogens (primary N) is 1. The van der Waals surface area contributed by atoms with E-state index in [4.69, 9.17) is 15.5 Å². The van der Waals surface area contributed by atoms with Crippen LogP contribution in [0.4, 0.5) is 16.2 Å². The molecule has 1 aliphatic rings. The van der Waals surface area contributed by atoms with Gasteiger partial charge in [-0.25, -0.2) is 24.9 Å². The number of aromatic nitrogens is 6. The summed E-state index contributed by atoms with van der Waals surface area (Å²) < 4.78 is 19.7. The van der Waals surface area contributed by atoms with E-state index in [9.17, 15) is 4.39 Å². The Balaban J connectivity index is 1.70. The van der Waals surface area contributed by atoms with Crippen molar-refractivity contribution in [1.29, 1.82) is 0 Å². The lowest BCUT2D eigenvalue weighted by molar-refractivity contribution is 0.122. The van der Waals surface area contributed by atoms with Crippen LogP contribution in [0.2, 0.25) is 0 Å². The number of hydrogen-bond donors (Lipinski definition) is 1. The third kappa shape index (κ3) is 3.37. The van der Waals surface area contributed by atoms with Crippen LogP contribution in [0.5, 0.6) is 0 Å². The number of ether oxygens (including phenoxy) is 1. The standard InChI is InChI=1S/C20H17FN8O/c21-17-14(2-1-3-23-17)12-8-15-16(24-9-12)19(29-4-6-30-7-5-29)28-18(27-15)13-10-25-20(22)26-11-13/h1-3,8-11H,4-7H2,(H2,22,25,26). The van der Waals surface area contributed by atoms with Crippen molar-refractivity contribution in [3.05, 3.63) is 48.9 Å². The van der Waals surface area contributed by atoms with Gasteiger partial charge >= 0.3 is 0 Å². The molecule has 0 saturated carbocycles. The summed E-state index contributed by atoms with van der Waals surface area (Å²) in [6.07, 6.45) is 6.17. The molecule has 0 atom stereocenters. The van der Waals surface area contributed by atoms with E-state index in [1.54, 1.807) is 36.8 Å². The first kappa shape index (κ1) is 18.3. The minimum atomic E-state index is -0.562. The first-order valence-electron chi connectivity index (χ1n) is 9.38. The van der Waals surface area contributed by atoms with Crippen LogP contribution in [0.1, 0.15) is 0 Å². The third-order valence-electron chi connectivity index (χ3n) is 4.83. The molecule has 150 valence electrons. The number of nitrogen functional groups attached to an aromatic ring is 1. The Morgan fingerprint density at radius 3 is 2.50 bits per heavy atom. The Labute approximate surface area is 170 Å². The molecular formula is C20H17FN8O. The first-order valence-corrected chi connectivity index (χ1v) is 9.38. The van der Waals surface area contributed by atoms with E-state index in [1.807, 2.05) is 0 Å². The third-order valence-corrected chi connectivity index (χ3v) is 4.83. The normalized spacial score (nSPS) is 14.2. The van der Waals surface area contributed by atoms with E-state index >= 15 is 0 Å². The van der Waals surface area contributed by atoms with Gasteiger partial charge in [0.2, 0.25) is 11.9 Å². The Bertz CT molecular complexity index is 1210. The Kier molecular flexibility index (Phi) is 4.60. The van der Waals surface area contributed by atoms with Crippen molar-refractivity contribution in [2.75, 3.05) is 36.9 Å². The zero-order valence-corrected chi connectivity index (χ0v) is 15.9. The van der Waals surface area contributed by atoms with Crippen LogP contribution in [0.3, 0.4) is 0 Å². The summed E-state index contributed by atoms with van der Waals surface area (Å²) in [5, 5.41) is 0. The van der Waals surface area contributed by atoms with E-state index in [-0.39, 0.29) is 5.95 Å². The zero-order chi connectivity index (χ0) is 20.5. The topological polar surface area (TPSA) is 116 Å². The molecule has 1 fully saturated rings. The van der Waals surface area contributed by atoms with Crippen molar-refractivity contribution in [2.45, 2.75) is 0 Å². The van der Waals surface area contributed by atoms with Crippen molar-refractivity contribution in [3.8, 4) is 22.5 Å². The molecule has 0 amide bonds. The molecule has 0 unspecified atom stereocenters. The van der Waals surface area contributed by atoms with Gasteiger partial charge in [0.25, 0.3) is 0 Å². The summed E-state index contributed by atoms with van der Waals surface area (Å²) in [4.78, 5) is 27.8. The van der Waals surface area contributed by atoms with Crippen molar-refractivity contribution >= 4 is 22.8 Å². The van der Waals surface area contributed by atoms with Gasteiger partial charge < -0.3 is 15.4 Å². The zero-order valence-electron chi connectivity index (χ0n) is 15.9. The molecule has 1 aliphatic heterocycles. The molecule has 30 heavy (non-hydrogen) atoms. The lowest BCUT2D eigenvalue weighted by Gasteiger charge is -2.28. The fraction of sp³-hybridized carbons (Fsp3) is 0.200. The van der Waals surface area contributed by atoms with Gasteiger partial charge in [0.1, 0.15) is 5.52 Å². The second kappa shape index (κ2) is 7.56. The molecule has 5 rings (SSSR count). The maximum atomic E-state index is 14.2.